The fourth-order valence-corrected chi connectivity index (χ4v) is 8.04. The number of pyridine rings is 1. The van der Waals surface area contributed by atoms with Crippen molar-refractivity contribution in [3.8, 4) is 0 Å². The minimum Gasteiger partial charge on any atom is -0.384 e. The van der Waals surface area contributed by atoms with Crippen LogP contribution in [0.1, 0.15) is 64.5 Å². The third-order valence-corrected chi connectivity index (χ3v) is 9.85. The smallest absolute Gasteiger partial charge is 0.243 e. The number of anilines is 1. The van der Waals surface area contributed by atoms with E-state index in [1.165, 1.54) is 25.7 Å². The summed E-state index contributed by atoms with van der Waals surface area (Å²) in [6, 6.07) is 5.91. The second-order valence-corrected chi connectivity index (χ2v) is 11.4. The normalized spacial score (nSPS) is 39.2. The van der Waals surface area contributed by atoms with E-state index in [0.717, 1.165) is 18.5 Å². The van der Waals surface area contributed by atoms with E-state index >= 15 is 0 Å². The molecule has 0 radical (unpaired) electrons. The lowest BCUT2D eigenvalue weighted by Gasteiger charge is -2.59. The summed E-state index contributed by atoms with van der Waals surface area (Å²) in [6.45, 7) is 5.43. The van der Waals surface area contributed by atoms with Crippen molar-refractivity contribution in [1.82, 2.24) is 15.6 Å². The first-order valence-electron chi connectivity index (χ1n) is 12.8. The van der Waals surface area contributed by atoms with Gasteiger partial charge in [-0.25, -0.2) is 4.98 Å². The Balaban J connectivity index is 1.21. The fourth-order valence-electron chi connectivity index (χ4n) is 8.04. The number of carbonyl (C=O) groups is 2. The molecular formula is C27H38N4O2. The van der Waals surface area contributed by atoms with Crippen LogP contribution in [-0.4, -0.2) is 29.4 Å². The van der Waals surface area contributed by atoms with Crippen LogP contribution in [0.5, 0.6) is 0 Å². The topological polar surface area (TPSA) is 97.1 Å². The van der Waals surface area contributed by atoms with Crippen LogP contribution in [0.4, 0.5) is 5.82 Å². The quantitative estimate of drug-likeness (QED) is 0.638. The van der Waals surface area contributed by atoms with E-state index in [-0.39, 0.29) is 28.7 Å². The number of amides is 2. The molecule has 2 heterocycles. The molecule has 1 aromatic heterocycles. The molecule has 5 rings (SSSR count). The van der Waals surface area contributed by atoms with Crippen molar-refractivity contribution in [2.45, 2.75) is 71.3 Å². The zero-order valence-corrected chi connectivity index (χ0v) is 20.0. The Labute approximate surface area is 197 Å². The van der Waals surface area contributed by atoms with E-state index < -0.39 is 0 Å². The van der Waals surface area contributed by atoms with Gasteiger partial charge in [-0.05, 0) is 85.8 Å². The second kappa shape index (κ2) is 8.44. The molecule has 1 aliphatic heterocycles. The highest BCUT2D eigenvalue weighted by molar-refractivity contribution is 5.89. The first kappa shape index (κ1) is 22.4. The van der Waals surface area contributed by atoms with Crippen LogP contribution in [0.25, 0.3) is 0 Å². The van der Waals surface area contributed by atoms with Crippen LogP contribution in [-0.2, 0) is 16.0 Å². The highest BCUT2D eigenvalue weighted by Gasteiger charge is 2.59. The van der Waals surface area contributed by atoms with Gasteiger partial charge in [-0.15, -0.1) is 0 Å². The van der Waals surface area contributed by atoms with Crippen molar-refractivity contribution in [2.24, 2.45) is 34.5 Å². The van der Waals surface area contributed by atoms with Gasteiger partial charge in [0.1, 0.15) is 5.82 Å². The van der Waals surface area contributed by atoms with Crippen LogP contribution >= 0.6 is 0 Å². The van der Waals surface area contributed by atoms with Gasteiger partial charge in [0.25, 0.3) is 0 Å². The van der Waals surface area contributed by atoms with Crippen molar-refractivity contribution >= 4 is 17.6 Å². The van der Waals surface area contributed by atoms with Crippen molar-refractivity contribution < 1.29 is 9.59 Å². The number of hydrogen-bond donors (Lipinski definition) is 3. The maximum absolute atomic E-state index is 12.8. The van der Waals surface area contributed by atoms with Gasteiger partial charge in [0.05, 0.1) is 0 Å². The molecule has 3 aliphatic carbocycles. The zero-order chi connectivity index (χ0) is 23.2. The zero-order valence-electron chi connectivity index (χ0n) is 20.0. The standard InChI is InChI=1S/C27H38N4O2/c1-26-13-10-21-19(7-9-22-27(21,2)14-11-24(32)31-22)20(26)8-6-17(26)16-25(33)29-15-12-18-4-3-5-23(28)30-18/h3-5,11,14,17,19-22H,6-10,12-13,15-16H2,1-2H3,(H2,28,30)(H,29,33)(H,31,32)/t17-,19+,20+,21+,22-,26-,27-/m1/s1. The maximum Gasteiger partial charge on any atom is 0.243 e. The predicted molar refractivity (Wildman–Crippen MR) is 129 cm³/mol. The van der Waals surface area contributed by atoms with Crippen molar-refractivity contribution in [3.05, 3.63) is 36.0 Å². The molecule has 4 aliphatic rings. The Bertz CT molecular complexity index is 961. The van der Waals surface area contributed by atoms with Crippen LogP contribution in [0.2, 0.25) is 0 Å². The average Bonchev–Trinajstić information content (AvgIpc) is 3.10. The Hall–Kier alpha value is -2.37. The number of aromatic nitrogens is 1. The molecule has 6 nitrogen and oxygen atoms in total. The molecule has 3 fully saturated rings. The molecule has 33 heavy (non-hydrogen) atoms. The minimum atomic E-state index is 0.0648. The first-order chi connectivity index (χ1) is 15.8. The Kier molecular flexibility index (Phi) is 5.74. The van der Waals surface area contributed by atoms with E-state index in [2.05, 4.69) is 35.5 Å². The van der Waals surface area contributed by atoms with Gasteiger partial charge in [-0.2, -0.15) is 0 Å². The fraction of sp³-hybridized carbons (Fsp3) is 0.667. The van der Waals surface area contributed by atoms with Crippen LogP contribution in [0.3, 0.4) is 0 Å². The molecule has 0 unspecified atom stereocenters. The van der Waals surface area contributed by atoms with Gasteiger partial charge < -0.3 is 16.4 Å². The lowest BCUT2D eigenvalue weighted by Crippen LogP contribution is -2.59. The summed E-state index contributed by atoms with van der Waals surface area (Å²) >= 11 is 0. The molecule has 0 bridgehead atoms. The molecule has 2 amide bonds. The number of nitrogens with zero attached hydrogens (tertiary/aromatic N) is 1. The van der Waals surface area contributed by atoms with Gasteiger partial charge in [0.2, 0.25) is 11.8 Å². The van der Waals surface area contributed by atoms with Gasteiger partial charge in [0, 0.05) is 36.5 Å². The molecule has 178 valence electrons. The molecule has 4 N–H and O–H groups in total. The molecule has 0 aromatic carbocycles. The first-order valence-corrected chi connectivity index (χ1v) is 12.8. The summed E-state index contributed by atoms with van der Waals surface area (Å²) < 4.78 is 0. The average molecular weight is 451 g/mol. The maximum atomic E-state index is 12.8. The van der Waals surface area contributed by atoms with E-state index in [0.29, 0.717) is 48.9 Å². The number of nitrogens with two attached hydrogens (primary N) is 1. The molecule has 0 spiro atoms. The van der Waals surface area contributed by atoms with Crippen molar-refractivity contribution in [3.63, 3.8) is 0 Å². The lowest BCUT2D eigenvalue weighted by molar-refractivity contribution is -0.125. The SMILES string of the molecule is C[C@]12C=CC(=O)N[C@@H]1CC[C@@H]1[C@@H]2CC[C@]2(C)[C@@H](CC(=O)NCCc3cccc(N)n3)CC[C@@H]12. The Morgan fingerprint density at radius 2 is 2.03 bits per heavy atom. The third kappa shape index (κ3) is 3.95. The number of carbonyl (C=O) groups excluding carboxylic acids is 2. The van der Waals surface area contributed by atoms with Crippen LogP contribution in [0, 0.1) is 34.5 Å². The van der Waals surface area contributed by atoms with E-state index in [9.17, 15) is 9.59 Å². The highest BCUT2D eigenvalue weighted by Crippen LogP contribution is 2.65. The van der Waals surface area contributed by atoms with Gasteiger partial charge in [-0.1, -0.05) is 26.0 Å². The monoisotopic (exact) mass is 450 g/mol. The Morgan fingerprint density at radius 1 is 1.18 bits per heavy atom. The molecule has 7 atom stereocenters. The minimum absolute atomic E-state index is 0.0648. The summed E-state index contributed by atoms with van der Waals surface area (Å²) in [5.74, 6) is 3.23. The largest absolute Gasteiger partial charge is 0.384 e. The number of fused-ring (bicyclic) bond motifs is 5. The molecule has 6 heteroatoms. The number of rotatable bonds is 5. The van der Waals surface area contributed by atoms with Gasteiger partial charge >= 0.3 is 0 Å². The van der Waals surface area contributed by atoms with E-state index in [1.54, 1.807) is 12.1 Å². The number of nitrogens with one attached hydrogen (secondary N) is 2. The van der Waals surface area contributed by atoms with E-state index in [4.69, 9.17) is 5.73 Å². The summed E-state index contributed by atoms with van der Waals surface area (Å²) in [5.41, 5.74) is 6.99. The Morgan fingerprint density at radius 3 is 2.85 bits per heavy atom. The number of nitrogen functional groups attached to an aromatic ring is 1. The predicted octanol–water partition coefficient (Wildman–Crippen LogP) is 3.63. The summed E-state index contributed by atoms with van der Waals surface area (Å²) in [4.78, 5) is 29.1. The number of hydrogen-bond acceptors (Lipinski definition) is 4. The summed E-state index contributed by atoms with van der Waals surface area (Å²) in [7, 11) is 0. The summed E-state index contributed by atoms with van der Waals surface area (Å²) in [5, 5.41) is 6.37. The highest BCUT2D eigenvalue weighted by atomic mass is 16.2. The van der Waals surface area contributed by atoms with Crippen molar-refractivity contribution in [2.75, 3.05) is 12.3 Å². The van der Waals surface area contributed by atoms with Gasteiger partial charge in [0.15, 0.2) is 0 Å². The van der Waals surface area contributed by atoms with Crippen LogP contribution < -0.4 is 16.4 Å². The third-order valence-electron chi connectivity index (χ3n) is 9.85. The molecular weight excluding hydrogens is 412 g/mol. The molecule has 3 saturated carbocycles. The second-order valence-electron chi connectivity index (χ2n) is 11.4. The lowest BCUT2D eigenvalue weighted by atomic mass is 9.48. The van der Waals surface area contributed by atoms with E-state index in [1.807, 2.05) is 12.1 Å². The molecule has 1 aromatic rings. The molecule has 0 saturated heterocycles. The van der Waals surface area contributed by atoms with Crippen LogP contribution in [0.15, 0.2) is 30.4 Å². The van der Waals surface area contributed by atoms with Crippen molar-refractivity contribution in [1.29, 1.82) is 0 Å². The van der Waals surface area contributed by atoms with Gasteiger partial charge in [-0.3, -0.25) is 9.59 Å². The summed E-state index contributed by atoms with van der Waals surface area (Å²) in [6.07, 6.45) is 12.4.